The van der Waals surface area contributed by atoms with E-state index in [-0.39, 0.29) is 0 Å². The molecule has 1 aromatic carbocycles. The molecule has 0 aromatic heterocycles. The fraction of sp³-hybridized carbons (Fsp3) is 0.500. The lowest BCUT2D eigenvalue weighted by atomic mass is 10.1. The standard InChI is InChI=1S/C14H21N3O2/c1-19-14(18)17-12-7-5-11(6-8-12)16-10-13-4-2-3-9-15-13/h5-8,13,15-16H,2-4,9-10H2,1H3,(H,17,18). The Morgan fingerprint density at radius 2 is 2.05 bits per heavy atom. The van der Waals surface area contributed by atoms with Crippen LogP contribution in [0.4, 0.5) is 16.2 Å². The number of piperidine rings is 1. The van der Waals surface area contributed by atoms with Crippen LogP contribution in [0.1, 0.15) is 19.3 Å². The molecule has 1 amide bonds. The van der Waals surface area contributed by atoms with Crippen molar-refractivity contribution in [3.8, 4) is 0 Å². The van der Waals surface area contributed by atoms with Gasteiger partial charge in [0.15, 0.2) is 0 Å². The Kier molecular flexibility index (Phi) is 5.03. The quantitative estimate of drug-likeness (QED) is 0.780. The molecule has 0 saturated carbocycles. The first kappa shape index (κ1) is 13.7. The van der Waals surface area contributed by atoms with Crippen LogP contribution in [0, 0.1) is 0 Å². The van der Waals surface area contributed by atoms with Crippen LogP contribution in [0.15, 0.2) is 24.3 Å². The van der Waals surface area contributed by atoms with Crippen LogP contribution in [-0.4, -0.2) is 32.3 Å². The summed E-state index contributed by atoms with van der Waals surface area (Å²) in [5, 5.41) is 9.52. The number of rotatable bonds is 4. The maximum atomic E-state index is 11.0. The largest absolute Gasteiger partial charge is 0.453 e. The predicted octanol–water partition coefficient (Wildman–Crippen LogP) is 2.42. The summed E-state index contributed by atoms with van der Waals surface area (Å²) >= 11 is 0. The van der Waals surface area contributed by atoms with Gasteiger partial charge in [-0.05, 0) is 43.7 Å². The number of benzene rings is 1. The summed E-state index contributed by atoms with van der Waals surface area (Å²) in [6, 6.07) is 8.17. The van der Waals surface area contributed by atoms with E-state index in [1.165, 1.54) is 26.4 Å². The molecule has 1 aliphatic heterocycles. The van der Waals surface area contributed by atoms with Gasteiger partial charge in [-0.2, -0.15) is 0 Å². The van der Waals surface area contributed by atoms with Crippen LogP contribution < -0.4 is 16.0 Å². The van der Waals surface area contributed by atoms with E-state index in [1.807, 2.05) is 24.3 Å². The average molecular weight is 263 g/mol. The van der Waals surface area contributed by atoms with Crippen molar-refractivity contribution in [2.75, 3.05) is 30.8 Å². The molecule has 0 spiro atoms. The third-order valence-electron chi connectivity index (χ3n) is 3.28. The van der Waals surface area contributed by atoms with Crippen LogP contribution >= 0.6 is 0 Å². The highest BCUT2D eigenvalue weighted by Gasteiger charge is 2.11. The summed E-state index contributed by atoms with van der Waals surface area (Å²) in [5.41, 5.74) is 1.79. The molecule has 1 aromatic rings. The van der Waals surface area contributed by atoms with Crippen LogP contribution in [0.2, 0.25) is 0 Å². The van der Waals surface area contributed by atoms with Crippen molar-refractivity contribution in [2.24, 2.45) is 0 Å². The molecule has 5 heteroatoms. The van der Waals surface area contributed by atoms with Gasteiger partial charge in [-0.3, -0.25) is 5.32 Å². The molecule has 1 heterocycles. The molecular formula is C14H21N3O2. The average Bonchev–Trinajstić information content (AvgIpc) is 2.47. The molecule has 1 atom stereocenters. The van der Waals surface area contributed by atoms with Crippen LogP contribution in [0.3, 0.4) is 0 Å². The summed E-state index contributed by atoms with van der Waals surface area (Å²) in [7, 11) is 1.35. The second-order valence-corrected chi connectivity index (χ2v) is 4.72. The highest BCUT2D eigenvalue weighted by Crippen LogP contribution is 2.14. The van der Waals surface area contributed by atoms with Crippen molar-refractivity contribution in [1.29, 1.82) is 0 Å². The molecule has 0 bridgehead atoms. The Labute approximate surface area is 113 Å². The van der Waals surface area contributed by atoms with Gasteiger partial charge >= 0.3 is 6.09 Å². The lowest BCUT2D eigenvalue weighted by Crippen LogP contribution is -2.39. The first-order valence-corrected chi connectivity index (χ1v) is 6.70. The number of ether oxygens (including phenoxy) is 1. The van der Waals surface area contributed by atoms with Crippen LogP contribution in [0.5, 0.6) is 0 Å². The molecule has 1 unspecified atom stereocenters. The Balaban J connectivity index is 1.79. The Bertz CT molecular complexity index is 400. The topological polar surface area (TPSA) is 62.4 Å². The minimum atomic E-state index is -0.452. The zero-order chi connectivity index (χ0) is 13.5. The lowest BCUT2D eigenvalue weighted by Gasteiger charge is -2.24. The van der Waals surface area contributed by atoms with Gasteiger partial charge in [0.05, 0.1) is 7.11 Å². The minimum Gasteiger partial charge on any atom is -0.453 e. The summed E-state index contributed by atoms with van der Waals surface area (Å²) in [6.45, 7) is 2.05. The zero-order valence-electron chi connectivity index (χ0n) is 11.2. The molecule has 19 heavy (non-hydrogen) atoms. The molecule has 1 saturated heterocycles. The van der Waals surface area contributed by atoms with Gasteiger partial charge in [0.1, 0.15) is 0 Å². The van der Waals surface area contributed by atoms with Gasteiger partial charge < -0.3 is 15.4 Å². The number of hydrogen-bond acceptors (Lipinski definition) is 4. The second kappa shape index (κ2) is 6.99. The van der Waals surface area contributed by atoms with E-state index in [2.05, 4.69) is 20.7 Å². The van der Waals surface area contributed by atoms with Crippen molar-refractivity contribution < 1.29 is 9.53 Å². The number of hydrogen-bond donors (Lipinski definition) is 3. The summed E-state index contributed by atoms with van der Waals surface area (Å²) < 4.78 is 4.54. The maximum absolute atomic E-state index is 11.0. The molecule has 2 rings (SSSR count). The van der Waals surface area contributed by atoms with E-state index in [1.54, 1.807) is 0 Å². The predicted molar refractivity (Wildman–Crippen MR) is 76.6 cm³/mol. The van der Waals surface area contributed by atoms with Crippen molar-refractivity contribution >= 4 is 17.5 Å². The highest BCUT2D eigenvalue weighted by molar-refractivity contribution is 5.84. The SMILES string of the molecule is COC(=O)Nc1ccc(NCC2CCCCN2)cc1. The molecular weight excluding hydrogens is 242 g/mol. The van der Waals surface area contributed by atoms with E-state index in [4.69, 9.17) is 0 Å². The normalized spacial score (nSPS) is 18.7. The number of amides is 1. The molecule has 0 radical (unpaired) electrons. The second-order valence-electron chi connectivity index (χ2n) is 4.72. The Morgan fingerprint density at radius 1 is 1.32 bits per heavy atom. The number of methoxy groups -OCH3 is 1. The summed E-state index contributed by atoms with van der Waals surface area (Å²) in [5.74, 6) is 0. The number of nitrogens with one attached hydrogen (secondary N) is 3. The Morgan fingerprint density at radius 3 is 2.68 bits per heavy atom. The molecule has 3 N–H and O–H groups in total. The lowest BCUT2D eigenvalue weighted by molar-refractivity contribution is 0.187. The van der Waals surface area contributed by atoms with E-state index < -0.39 is 6.09 Å². The number of carbonyl (C=O) groups excluding carboxylic acids is 1. The monoisotopic (exact) mass is 263 g/mol. The molecule has 104 valence electrons. The van der Waals surface area contributed by atoms with Gasteiger partial charge in [0.25, 0.3) is 0 Å². The van der Waals surface area contributed by atoms with Gasteiger partial charge in [-0.15, -0.1) is 0 Å². The summed E-state index contributed by atoms with van der Waals surface area (Å²) in [4.78, 5) is 11.0. The molecule has 1 fully saturated rings. The highest BCUT2D eigenvalue weighted by atomic mass is 16.5. The first-order valence-electron chi connectivity index (χ1n) is 6.70. The van der Waals surface area contributed by atoms with Crippen molar-refractivity contribution in [1.82, 2.24) is 5.32 Å². The van der Waals surface area contributed by atoms with Crippen molar-refractivity contribution in [2.45, 2.75) is 25.3 Å². The van der Waals surface area contributed by atoms with Crippen LogP contribution in [0.25, 0.3) is 0 Å². The maximum Gasteiger partial charge on any atom is 0.411 e. The summed E-state index contributed by atoms with van der Waals surface area (Å²) in [6.07, 6.45) is 3.37. The Hall–Kier alpha value is -1.75. The van der Waals surface area contributed by atoms with Crippen molar-refractivity contribution in [3.63, 3.8) is 0 Å². The van der Waals surface area contributed by atoms with Gasteiger partial charge in [0.2, 0.25) is 0 Å². The van der Waals surface area contributed by atoms with E-state index >= 15 is 0 Å². The smallest absolute Gasteiger partial charge is 0.411 e. The zero-order valence-corrected chi connectivity index (χ0v) is 11.2. The minimum absolute atomic E-state index is 0.452. The third-order valence-corrected chi connectivity index (χ3v) is 3.28. The molecule has 1 aliphatic rings. The van der Waals surface area contributed by atoms with Crippen molar-refractivity contribution in [3.05, 3.63) is 24.3 Å². The number of carbonyl (C=O) groups is 1. The van der Waals surface area contributed by atoms with E-state index in [0.717, 1.165) is 24.5 Å². The third kappa shape index (κ3) is 4.44. The molecule has 0 aliphatic carbocycles. The first-order chi connectivity index (χ1) is 9.28. The van der Waals surface area contributed by atoms with Gasteiger partial charge in [-0.25, -0.2) is 4.79 Å². The molecule has 5 nitrogen and oxygen atoms in total. The van der Waals surface area contributed by atoms with Gasteiger partial charge in [-0.1, -0.05) is 6.42 Å². The van der Waals surface area contributed by atoms with Gasteiger partial charge in [0, 0.05) is 24.0 Å². The fourth-order valence-electron chi connectivity index (χ4n) is 2.18. The van der Waals surface area contributed by atoms with Crippen LogP contribution in [-0.2, 0) is 4.74 Å². The van der Waals surface area contributed by atoms with E-state index in [9.17, 15) is 4.79 Å². The number of anilines is 2. The fourth-order valence-corrected chi connectivity index (χ4v) is 2.18. The van der Waals surface area contributed by atoms with E-state index in [0.29, 0.717) is 6.04 Å².